The predicted octanol–water partition coefficient (Wildman–Crippen LogP) is 5.13. The highest BCUT2D eigenvalue weighted by Crippen LogP contribution is 2.31. The third-order valence-corrected chi connectivity index (χ3v) is 5.27. The first-order valence-corrected chi connectivity index (χ1v) is 10.0. The maximum atomic E-state index is 12.1. The molecule has 0 heterocycles. The topological polar surface area (TPSA) is 41.6 Å². The van der Waals surface area contributed by atoms with Gasteiger partial charge in [-0.25, -0.2) is 4.79 Å². The third kappa shape index (κ3) is 7.38. The summed E-state index contributed by atoms with van der Waals surface area (Å²) in [6.07, 6.45) is 10.4. The molecular formula is C21H31ClN2O2. The molecule has 0 aromatic heterocycles. The van der Waals surface area contributed by atoms with Gasteiger partial charge in [-0.15, -0.1) is 0 Å². The number of carbonyl (C=O) groups excluding carboxylic acids is 1. The molecule has 0 spiro atoms. The minimum absolute atomic E-state index is 0.313. The Morgan fingerprint density at radius 1 is 1.27 bits per heavy atom. The van der Waals surface area contributed by atoms with Crippen LogP contribution in [0.3, 0.4) is 0 Å². The Labute approximate surface area is 162 Å². The van der Waals surface area contributed by atoms with Crippen molar-refractivity contribution in [3.8, 4) is 5.75 Å². The quantitative estimate of drug-likeness (QED) is 0.503. The number of allylic oxidation sites excluding steroid dienone is 1. The lowest BCUT2D eigenvalue weighted by Crippen LogP contribution is -2.32. The fourth-order valence-electron chi connectivity index (χ4n) is 3.31. The van der Waals surface area contributed by atoms with E-state index >= 15 is 0 Å². The standard InChI is InChI=1S/C21H31ClN2O2/c1-3-23-15-4-5-17-6-8-18(9-7-17)14-16-24(2)21(25)26-20-12-10-19(22)11-13-20/h4-5,10-13,17-18,23H,3,6-9,14-16H2,1-2H3/b5-4+. The minimum Gasteiger partial charge on any atom is -0.410 e. The molecule has 0 aliphatic heterocycles. The maximum absolute atomic E-state index is 12.1. The number of nitrogens with zero attached hydrogens (tertiary/aromatic N) is 1. The lowest BCUT2D eigenvalue weighted by Gasteiger charge is -2.28. The van der Waals surface area contributed by atoms with Crippen molar-refractivity contribution < 1.29 is 9.53 Å². The second-order valence-electron chi connectivity index (χ2n) is 7.05. The van der Waals surface area contributed by atoms with Crippen LogP contribution in [0.1, 0.15) is 39.0 Å². The molecule has 1 amide bonds. The van der Waals surface area contributed by atoms with Gasteiger partial charge in [0.1, 0.15) is 5.75 Å². The molecule has 26 heavy (non-hydrogen) atoms. The normalized spacial score (nSPS) is 20.3. The highest BCUT2D eigenvalue weighted by atomic mass is 35.5. The van der Waals surface area contributed by atoms with Crippen LogP contribution < -0.4 is 10.1 Å². The van der Waals surface area contributed by atoms with Crippen LogP contribution in [0.25, 0.3) is 0 Å². The second-order valence-corrected chi connectivity index (χ2v) is 7.49. The van der Waals surface area contributed by atoms with Crippen LogP contribution in [-0.4, -0.2) is 37.7 Å². The van der Waals surface area contributed by atoms with Gasteiger partial charge in [-0.05, 0) is 74.8 Å². The molecule has 1 fully saturated rings. The first-order valence-electron chi connectivity index (χ1n) is 9.64. The summed E-state index contributed by atoms with van der Waals surface area (Å²) in [4.78, 5) is 13.8. The van der Waals surface area contributed by atoms with E-state index in [0.29, 0.717) is 16.7 Å². The summed E-state index contributed by atoms with van der Waals surface area (Å²) in [5.74, 6) is 1.95. The number of nitrogens with one attached hydrogen (secondary N) is 1. The predicted molar refractivity (Wildman–Crippen MR) is 108 cm³/mol. The molecule has 1 aromatic rings. The molecule has 144 valence electrons. The molecule has 1 aliphatic rings. The van der Waals surface area contributed by atoms with Gasteiger partial charge in [0.2, 0.25) is 0 Å². The lowest BCUT2D eigenvalue weighted by atomic mass is 9.80. The molecule has 4 nitrogen and oxygen atoms in total. The Bertz CT molecular complexity index is 566. The highest BCUT2D eigenvalue weighted by Gasteiger charge is 2.21. The molecule has 1 aromatic carbocycles. The first-order chi connectivity index (χ1) is 12.6. The average Bonchev–Trinajstić information content (AvgIpc) is 2.66. The van der Waals surface area contributed by atoms with Crippen LogP contribution in [0.2, 0.25) is 5.02 Å². The molecule has 2 rings (SSSR count). The molecule has 1 saturated carbocycles. The van der Waals surface area contributed by atoms with Crippen molar-refractivity contribution in [2.45, 2.75) is 39.0 Å². The van der Waals surface area contributed by atoms with Crippen molar-refractivity contribution >= 4 is 17.7 Å². The van der Waals surface area contributed by atoms with Crippen molar-refractivity contribution in [2.24, 2.45) is 11.8 Å². The number of halogens is 1. The number of carbonyl (C=O) groups is 1. The van der Waals surface area contributed by atoms with E-state index in [1.54, 1.807) is 36.2 Å². The number of hydrogen-bond acceptors (Lipinski definition) is 3. The monoisotopic (exact) mass is 378 g/mol. The van der Waals surface area contributed by atoms with E-state index in [4.69, 9.17) is 16.3 Å². The largest absolute Gasteiger partial charge is 0.414 e. The summed E-state index contributed by atoms with van der Waals surface area (Å²) in [5, 5.41) is 3.95. The Hall–Kier alpha value is -1.52. The van der Waals surface area contributed by atoms with Crippen LogP contribution in [-0.2, 0) is 0 Å². The van der Waals surface area contributed by atoms with Gasteiger partial charge in [0, 0.05) is 25.2 Å². The van der Waals surface area contributed by atoms with Gasteiger partial charge >= 0.3 is 6.09 Å². The molecular weight excluding hydrogens is 348 g/mol. The van der Waals surface area contributed by atoms with Crippen molar-refractivity contribution in [3.05, 3.63) is 41.4 Å². The zero-order valence-corrected chi connectivity index (χ0v) is 16.7. The Kier molecular flexibility index (Phi) is 8.99. The van der Waals surface area contributed by atoms with Gasteiger partial charge in [0.25, 0.3) is 0 Å². The molecule has 0 atom stereocenters. The number of benzene rings is 1. The summed E-state index contributed by atoms with van der Waals surface area (Å²) < 4.78 is 5.37. The average molecular weight is 379 g/mol. The summed E-state index contributed by atoms with van der Waals surface area (Å²) in [6, 6.07) is 6.85. The number of likely N-dealkylation sites (N-methyl/N-ethyl adjacent to an activating group) is 1. The van der Waals surface area contributed by atoms with Crippen LogP contribution in [0, 0.1) is 11.8 Å². The number of hydrogen-bond donors (Lipinski definition) is 1. The van der Waals surface area contributed by atoms with E-state index in [9.17, 15) is 4.79 Å². The van der Waals surface area contributed by atoms with Gasteiger partial charge < -0.3 is 15.0 Å². The van der Waals surface area contributed by atoms with Crippen molar-refractivity contribution in [1.29, 1.82) is 0 Å². The number of rotatable bonds is 8. The zero-order chi connectivity index (χ0) is 18.8. The van der Waals surface area contributed by atoms with Gasteiger partial charge in [0.05, 0.1) is 0 Å². The van der Waals surface area contributed by atoms with Gasteiger partial charge in [-0.3, -0.25) is 0 Å². The van der Waals surface area contributed by atoms with E-state index in [0.717, 1.165) is 32.0 Å². The van der Waals surface area contributed by atoms with Crippen molar-refractivity contribution in [2.75, 3.05) is 26.7 Å². The van der Waals surface area contributed by atoms with Crippen molar-refractivity contribution in [1.82, 2.24) is 10.2 Å². The summed E-state index contributed by atoms with van der Waals surface area (Å²) >= 11 is 5.84. The molecule has 1 aliphatic carbocycles. The fourth-order valence-corrected chi connectivity index (χ4v) is 3.43. The van der Waals surface area contributed by atoms with Gasteiger partial charge in [-0.2, -0.15) is 0 Å². The van der Waals surface area contributed by atoms with E-state index in [1.807, 2.05) is 0 Å². The van der Waals surface area contributed by atoms with E-state index in [-0.39, 0.29) is 6.09 Å². The second kappa shape index (κ2) is 11.2. The third-order valence-electron chi connectivity index (χ3n) is 5.02. The maximum Gasteiger partial charge on any atom is 0.414 e. The molecule has 1 N–H and O–H groups in total. The van der Waals surface area contributed by atoms with Gasteiger partial charge in [-0.1, -0.05) is 30.7 Å². The molecule has 0 unspecified atom stereocenters. The fraction of sp³-hybridized carbons (Fsp3) is 0.571. The molecule has 0 radical (unpaired) electrons. The number of amides is 1. The van der Waals surface area contributed by atoms with Crippen LogP contribution in [0.15, 0.2) is 36.4 Å². The number of ether oxygens (including phenoxy) is 1. The van der Waals surface area contributed by atoms with Crippen LogP contribution in [0.5, 0.6) is 5.75 Å². The summed E-state index contributed by atoms with van der Waals surface area (Å²) in [6.45, 7) is 4.85. The minimum atomic E-state index is -0.313. The van der Waals surface area contributed by atoms with Gasteiger partial charge in [0.15, 0.2) is 0 Å². The smallest absolute Gasteiger partial charge is 0.410 e. The van der Waals surface area contributed by atoms with E-state index < -0.39 is 0 Å². The lowest BCUT2D eigenvalue weighted by molar-refractivity contribution is 0.157. The SMILES string of the molecule is CCNC/C=C/C1CCC(CCN(C)C(=O)Oc2ccc(Cl)cc2)CC1. The first kappa shape index (κ1) is 20.8. The zero-order valence-electron chi connectivity index (χ0n) is 15.9. The van der Waals surface area contributed by atoms with Crippen molar-refractivity contribution in [3.63, 3.8) is 0 Å². The molecule has 0 saturated heterocycles. The molecule has 0 bridgehead atoms. The highest BCUT2D eigenvalue weighted by molar-refractivity contribution is 6.30. The van der Waals surface area contributed by atoms with E-state index in [1.165, 1.54) is 25.7 Å². The van der Waals surface area contributed by atoms with E-state index in [2.05, 4.69) is 24.4 Å². The van der Waals surface area contributed by atoms with Crippen LogP contribution >= 0.6 is 11.6 Å². The Morgan fingerprint density at radius 3 is 2.62 bits per heavy atom. The Morgan fingerprint density at radius 2 is 1.96 bits per heavy atom. The molecule has 5 heteroatoms. The van der Waals surface area contributed by atoms with Crippen LogP contribution in [0.4, 0.5) is 4.79 Å². The summed E-state index contributed by atoms with van der Waals surface area (Å²) in [5.41, 5.74) is 0. The Balaban J connectivity index is 1.65. The summed E-state index contributed by atoms with van der Waals surface area (Å²) in [7, 11) is 1.80.